The lowest BCUT2D eigenvalue weighted by atomic mass is 10.2. The van der Waals surface area contributed by atoms with Crippen LogP contribution in [-0.4, -0.2) is 17.5 Å². The highest BCUT2D eigenvalue weighted by molar-refractivity contribution is 5.86. The van der Waals surface area contributed by atoms with Gasteiger partial charge in [-0.25, -0.2) is 4.98 Å². The quantitative estimate of drug-likeness (QED) is 0.732. The fourth-order valence-corrected chi connectivity index (χ4v) is 0.906. The van der Waals surface area contributed by atoms with Crippen LogP contribution in [0.2, 0.25) is 0 Å². The summed E-state index contributed by atoms with van der Waals surface area (Å²) in [5.74, 6) is 0.0196. The first-order valence-corrected chi connectivity index (χ1v) is 3.95. The minimum atomic E-state index is -0.478. The zero-order valence-corrected chi connectivity index (χ0v) is 7.36. The van der Waals surface area contributed by atoms with Gasteiger partial charge in [-0.05, 0) is 18.6 Å². The van der Waals surface area contributed by atoms with Gasteiger partial charge in [-0.1, -0.05) is 0 Å². The summed E-state index contributed by atoms with van der Waals surface area (Å²) >= 11 is 0. The number of nitrogens with two attached hydrogens (primary N) is 1. The normalized spacial score (nSPS) is 9.62. The zero-order chi connectivity index (χ0) is 9.68. The number of pyridine rings is 1. The molecule has 1 aromatic heterocycles. The average Bonchev–Trinajstić information content (AvgIpc) is 2.04. The van der Waals surface area contributed by atoms with E-state index in [1.807, 2.05) is 6.92 Å². The standard InChI is InChI=1S/C9H11N2O2/c1-2-13-9-6-7(3-4-11-9)5-8(10)12/h3-6H,2H2,1H3,(H2,10,12). The van der Waals surface area contributed by atoms with Crippen LogP contribution >= 0.6 is 0 Å². The number of ether oxygens (including phenoxy) is 1. The van der Waals surface area contributed by atoms with Gasteiger partial charge >= 0.3 is 0 Å². The molecule has 0 aliphatic heterocycles. The van der Waals surface area contributed by atoms with E-state index in [1.165, 1.54) is 6.42 Å². The fourth-order valence-electron chi connectivity index (χ4n) is 0.906. The van der Waals surface area contributed by atoms with E-state index < -0.39 is 5.91 Å². The first kappa shape index (κ1) is 9.51. The Hall–Kier alpha value is -1.58. The van der Waals surface area contributed by atoms with Crippen LogP contribution in [0.3, 0.4) is 0 Å². The third-order valence-electron chi connectivity index (χ3n) is 1.36. The number of carbonyl (C=O) groups excluding carboxylic acids is 1. The minimum Gasteiger partial charge on any atom is -0.478 e. The SMILES string of the molecule is CCOc1cc([CH]C(N)=O)ccn1. The number of nitrogens with zero attached hydrogens (tertiary/aromatic N) is 1. The molecular formula is C9H11N2O2. The van der Waals surface area contributed by atoms with Crippen molar-refractivity contribution in [2.75, 3.05) is 6.61 Å². The molecule has 0 aromatic carbocycles. The van der Waals surface area contributed by atoms with Crippen molar-refractivity contribution in [3.63, 3.8) is 0 Å². The number of carbonyl (C=O) groups is 1. The lowest BCUT2D eigenvalue weighted by molar-refractivity contribution is -0.114. The van der Waals surface area contributed by atoms with E-state index >= 15 is 0 Å². The molecule has 4 heteroatoms. The van der Waals surface area contributed by atoms with Crippen molar-refractivity contribution in [1.29, 1.82) is 0 Å². The van der Waals surface area contributed by atoms with Crippen LogP contribution in [0.5, 0.6) is 5.88 Å². The molecule has 1 heterocycles. The van der Waals surface area contributed by atoms with Crippen molar-refractivity contribution < 1.29 is 9.53 Å². The van der Waals surface area contributed by atoms with Crippen LogP contribution in [0.4, 0.5) is 0 Å². The van der Waals surface area contributed by atoms with E-state index in [0.717, 1.165) is 0 Å². The molecule has 0 atom stereocenters. The molecule has 1 aromatic rings. The summed E-state index contributed by atoms with van der Waals surface area (Å²) in [7, 11) is 0. The Labute approximate surface area is 76.7 Å². The molecule has 1 radical (unpaired) electrons. The number of hydrogen-bond acceptors (Lipinski definition) is 3. The molecule has 69 valence electrons. The topological polar surface area (TPSA) is 65.2 Å². The molecule has 0 saturated heterocycles. The maximum atomic E-state index is 10.5. The largest absolute Gasteiger partial charge is 0.478 e. The second kappa shape index (κ2) is 4.45. The second-order valence-corrected chi connectivity index (χ2v) is 2.41. The van der Waals surface area contributed by atoms with Crippen LogP contribution in [0, 0.1) is 6.42 Å². The van der Waals surface area contributed by atoms with Gasteiger partial charge in [0.2, 0.25) is 11.8 Å². The molecule has 0 unspecified atom stereocenters. The van der Waals surface area contributed by atoms with Gasteiger partial charge in [-0.2, -0.15) is 0 Å². The molecule has 0 spiro atoms. The molecule has 4 nitrogen and oxygen atoms in total. The molecule has 0 aliphatic carbocycles. The summed E-state index contributed by atoms with van der Waals surface area (Å²) in [6, 6.07) is 3.35. The van der Waals surface area contributed by atoms with E-state index in [9.17, 15) is 4.79 Å². The second-order valence-electron chi connectivity index (χ2n) is 2.41. The molecule has 1 rings (SSSR count). The third-order valence-corrected chi connectivity index (χ3v) is 1.36. The molecule has 1 amide bonds. The van der Waals surface area contributed by atoms with E-state index in [-0.39, 0.29) is 0 Å². The Bertz CT molecular complexity index is 299. The van der Waals surface area contributed by atoms with Crippen LogP contribution in [0.1, 0.15) is 12.5 Å². The van der Waals surface area contributed by atoms with Gasteiger partial charge in [0.25, 0.3) is 0 Å². The smallest absolute Gasteiger partial charge is 0.226 e. The lowest BCUT2D eigenvalue weighted by Gasteiger charge is -2.02. The third kappa shape index (κ3) is 3.11. The molecule has 0 saturated carbocycles. The summed E-state index contributed by atoms with van der Waals surface area (Å²) in [6.07, 6.45) is 2.89. The van der Waals surface area contributed by atoms with Crippen molar-refractivity contribution in [2.24, 2.45) is 5.73 Å². The summed E-state index contributed by atoms with van der Waals surface area (Å²) in [4.78, 5) is 14.5. The van der Waals surface area contributed by atoms with E-state index in [0.29, 0.717) is 18.1 Å². The van der Waals surface area contributed by atoms with Crippen LogP contribution < -0.4 is 10.5 Å². The Balaban J connectivity index is 2.73. The van der Waals surface area contributed by atoms with E-state index in [4.69, 9.17) is 10.5 Å². The van der Waals surface area contributed by atoms with Crippen molar-refractivity contribution in [3.8, 4) is 5.88 Å². The summed E-state index contributed by atoms with van der Waals surface area (Å²) in [6.45, 7) is 2.42. The molecule has 0 fully saturated rings. The number of primary amides is 1. The maximum Gasteiger partial charge on any atom is 0.226 e. The Morgan fingerprint density at radius 1 is 1.77 bits per heavy atom. The maximum absolute atomic E-state index is 10.5. The molecule has 0 aliphatic rings. The zero-order valence-electron chi connectivity index (χ0n) is 7.36. The number of rotatable bonds is 4. The van der Waals surface area contributed by atoms with Crippen molar-refractivity contribution >= 4 is 5.91 Å². The highest BCUT2D eigenvalue weighted by Gasteiger charge is 2.01. The van der Waals surface area contributed by atoms with Crippen LogP contribution in [0.25, 0.3) is 0 Å². The highest BCUT2D eigenvalue weighted by Crippen LogP contribution is 2.10. The Kier molecular flexibility index (Phi) is 3.25. The summed E-state index contributed by atoms with van der Waals surface area (Å²) in [5, 5.41) is 0. The molecular weight excluding hydrogens is 168 g/mol. The predicted octanol–water partition coefficient (Wildman–Crippen LogP) is 0.518. The molecule has 0 bridgehead atoms. The summed E-state index contributed by atoms with van der Waals surface area (Å²) < 4.78 is 5.14. The van der Waals surface area contributed by atoms with Crippen molar-refractivity contribution in [1.82, 2.24) is 4.98 Å². The van der Waals surface area contributed by atoms with Crippen molar-refractivity contribution in [3.05, 3.63) is 30.3 Å². The monoisotopic (exact) mass is 179 g/mol. The average molecular weight is 179 g/mol. The van der Waals surface area contributed by atoms with Crippen LogP contribution in [-0.2, 0) is 4.79 Å². The van der Waals surface area contributed by atoms with Gasteiger partial charge in [0.05, 0.1) is 13.0 Å². The number of amides is 1. The van der Waals surface area contributed by atoms with E-state index in [1.54, 1.807) is 18.3 Å². The van der Waals surface area contributed by atoms with Crippen molar-refractivity contribution in [2.45, 2.75) is 6.92 Å². The van der Waals surface area contributed by atoms with Gasteiger partial charge in [0, 0.05) is 12.3 Å². The van der Waals surface area contributed by atoms with Gasteiger partial charge in [0.1, 0.15) is 0 Å². The van der Waals surface area contributed by atoms with Gasteiger partial charge in [-0.15, -0.1) is 0 Å². The molecule has 2 N–H and O–H groups in total. The van der Waals surface area contributed by atoms with Gasteiger partial charge in [-0.3, -0.25) is 4.79 Å². The van der Waals surface area contributed by atoms with E-state index in [2.05, 4.69) is 4.98 Å². The fraction of sp³-hybridized carbons (Fsp3) is 0.222. The summed E-state index contributed by atoms with van der Waals surface area (Å²) in [5.41, 5.74) is 5.69. The predicted molar refractivity (Wildman–Crippen MR) is 48.0 cm³/mol. The van der Waals surface area contributed by atoms with Gasteiger partial charge < -0.3 is 10.5 Å². The number of hydrogen-bond donors (Lipinski definition) is 1. The lowest BCUT2D eigenvalue weighted by Crippen LogP contribution is -2.11. The van der Waals surface area contributed by atoms with Gasteiger partial charge in [0.15, 0.2) is 0 Å². The Morgan fingerprint density at radius 2 is 2.54 bits per heavy atom. The first-order valence-electron chi connectivity index (χ1n) is 3.95. The number of aromatic nitrogens is 1. The van der Waals surface area contributed by atoms with Crippen LogP contribution in [0.15, 0.2) is 18.3 Å². The Morgan fingerprint density at radius 3 is 3.15 bits per heavy atom. The minimum absolute atomic E-state index is 0.478. The first-order chi connectivity index (χ1) is 6.22. The molecule has 13 heavy (non-hydrogen) atoms. The highest BCUT2D eigenvalue weighted by atomic mass is 16.5.